The van der Waals surface area contributed by atoms with E-state index < -0.39 is 0 Å². The number of aryl methyl sites for hydroxylation is 2. The van der Waals surface area contributed by atoms with Crippen molar-refractivity contribution in [3.63, 3.8) is 0 Å². The van der Waals surface area contributed by atoms with Crippen molar-refractivity contribution in [1.82, 2.24) is 14.7 Å². The molecular formula is C21H32N4O2. The van der Waals surface area contributed by atoms with Gasteiger partial charge in [-0.25, -0.2) is 0 Å². The van der Waals surface area contributed by atoms with Crippen LogP contribution in [-0.4, -0.2) is 78.4 Å². The summed E-state index contributed by atoms with van der Waals surface area (Å²) in [5.41, 5.74) is 3.10. The fraction of sp³-hybridized carbons (Fsp3) is 0.619. The van der Waals surface area contributed by atoms with Crippen LogP contribution in [0.1, 0.15) is 30.9 Å². The van der Waals surface area contributed by atoms with E-state index in [2.05, 4.69) is 21.2 Å². The van der Waals surface area contributed by atoms with E-state index >= 15 is 0 Å². The number of carbonyl (C=O) groups excluding carboxylic acids is 2. The van der Waals surface area contributed by atoms with Gasteiger partial charge in [0.2, 0.25) is 11.8 Å². The van der Waals surface area contributed by atoms with Gasteiger partial charge in [0.1, 0.15) is 0 Å². The maximum Gasteiger partial charge on any atom is 0.241 e. The molecule has 0 spiro atoms. The van der Waals surface area contributed by atoms with E-state index in [-0.39, 0.29) is 17.9 Å². The smallest absolute Gasteiger partial charge is 0.241 e. The van der Waals surface area contributed by atoms with E-state index in [1.165, 1.54) is 0 Å². The first kappa shape index (κ1) is 19.8. The van der Waals surface area contributed by atoms with Crippen LogP contribution >= 0.6 is 0 Å². The summed E-state index contributed by atoms with van der Waals surface area (Å²) in [5, 5.41) is 3.07. The number of benzene rings is 1. The Morgan fingerprint density at radius 3 is 2.37 bits per heavy atom. The van der Waals surface area contributed by atoms with Crippen molar-refractivity contribution in [2.75, 3.05) is 51.1 Å². The van der Waals surface area contributed by atoms with Gasteiger partial charge in [-0.15, -0.1) is 0 Å². The van der Waals surface area contributed by atoms with Crippen LogP contribution in [0.4, 0.5) is 5.69 Å². The Kier molecular flexibility index (Phi) is 6.50. The van der Waals surface area contributed by atoms with E-state index in [4.69, 9.17) is 0 Å². The zero-order valence-corrected chi connectivity index (χ0v) is 16.8. The normalized spacial score (nSPS) is 19.9. The summed E-state index contributed by atoms with van der Waals surface area (Å²) in [4.78, 5) is 31.4. The summed E-state index contributed by atoms with van der Waals surface area (Å²) >= 11 is 0. The average molecular weight is 373 g/mol. The molecule has 6 heteroatoms. The summed E-state index contributed by atoms with van der Waals surface area (Å²) in [7, 11) is 0. The van der Waals surface area contributed by atoms with Gasteiger partial charge < -0.3 is 10.2 Å². The van der Waals surface area contributed by atoms with Gasteiger partial charge in [0.15, 0.2) is 0 Å². The number of likely N-dealkylation sites (tertiary alicyclic amines) is 1. The lowest BCUT2D eigenvalue weighted by molar-refractivity contribution is -0.132. The lowest BCUT2D eigenvalue weighted by Crippen LogP contribution is -2.54. The van der Waals surface area contributed by atoms with Crippen LogP contribution in [0.15, 0.2) is 18.2 Å². The molecule has 1 N–H and O–H groups in total. The molecular weight excluding hydrogens is 340 g/mol. The second kappa shape index (κ2) is 8.85. The number of rotatable bonds is 5. The van der Waals surface area contributed by atoms with Crippen molar-refractivity contribution in [2.24, 2.45) is 0 Å². The van der Waals surface area contributed by atoms with Crippen molar-refractivity contribution in [3.05, 3.63) is 29.3 Å². The van der Waals surface area contributed by atoms with Crippen molar-refractivity contribution in [2.45, 2.75) is 39.7 Å². The van der Waals surface area contributed by atoms with Crippen LogP contribution in [0.3, 0.4) is 0 Å². The standard InChI is InChI=1S/C21H32N4O2/c1-16-6-7-17(2)19(14-16)22-21(27)18(3)24-12-10-23(11-13-24)15-20(26)25-8-4-5-9-25/h6-7,14,18H,4-5,8-13,15H2,1-3H3,(H,22,27). The quantitative estimate of drug-likeness (QED) is 0.857. The van der Waals surface area contributed by atoms with E-state index in [0.29, 0.717) is 6.54 Å². The highest BCUT2D eigenvalue weighted by Gasteiger charge is 2.28. The molecule has 2 aliphatic heterocycles. The topological polar surface area (TPSA) is 55.9 Å². The Morgan fingerprint density at radius 2 is 1.70 bits per heavy atom. The van der Waals surface area contributed by atoms with Crippen LogP contribution < -0.4 is 5.32 Å². The first-order chi connectivity index (χ1) is 12.9. The van der Waals surface area contributed by atoms with Crippen molar-refractivity contribution in [3.8, 4) is 0 Å². The molecule has 3 rings (SSSR count). The van der Waals surface area contributed by atoms with Crippen LogP contribution in [0, 0.1) is 13.8 Å². The molecule has 1 aromatic rings. The van der Waals surface area contributed by atoms with E-state index in [0.717, 1.165) is 68.9 Å². The summed E-state index contributed by atoms with van der Waals surface area (Å²) in [6.45, 7) is 11.6. The molecule has 2 saturated heterocycles. The van der Waals surface area contributed by atoms with E-state index in [1.54, 1.807) is 0 Å². The average Bonchev–Trinajstić information content (AvgIpc) is 3.19. The number of piperazine rings is 1. The minimum Gasteiger partial charge on any atom is -0.342 e. The highest BCUT2D eigenvalue weighted by molar-refractivity contribution is 5.95. The second-order valence-electron chi connectivity index (χ2n) is 7.88. The maximum atomic E-state index is 12.7. The molecule has 2 heterocycles. The Hall–Kier alpha value is -1.92. The minimum atomic E-state index is -0.179. The molecule has 27 heavy (non-hydrogen) atoms. The lowest BCUT2D eigenvalue weighted by atomic mass is 10.1. The number of anilines is 1. The molecule has 2 amide bonds. The SMILES string of the molecule is Cc1ccc(C)c(NC(=O)C(C)N2CCN(CC(=O)N3CCCC3)CC2)c1. The van der Waals surface area contributed by atoms with Crippen LogP contribution in [0.25, 0.3) is 0 Å². The van der Waals surface area contributed by atoms with Gasteiger partial charge in [0.25, 0.3) is 0 Å². The number of hydrogen-bond donors (Lipinski definition) is 1. The fourth-order valence-electron chi connectivity index (χ4n) is 3.84. The molecule has 1 aromatic carbocycles. The summed E-state index contributed by atoms with van der Waals surface area (Å²) in [5.74, 6) is 0.284. The van der Waals surface area contributed by atoms with Gasteiger partial charge >= 0.3 is 0 Å². The molecule has 0 radical (unpaired) electrons. The Labute approximate surface area is 162 Å². The molecule has 148 valence electrons. The van der Waals surface area contributed by atoms with E-state index in [9.17, 15) is 9.59 Å². The van der Waals surface area contributed by atoms with Crippen LogP contribution in [0.2, 0.25) is 0 Å². The van der Waals surface area contributed by atoms with Crippen molar-refractivity contribution >= 4 is 17.5 Å². The zero-order valence-electron chi connectivity index (χ0n) is 16.8. The number of nitrogens with zero attached hydrogens (tertiary/aromatic N) is 3. The van der Waals surface area contributed by atoms with Gasteiger partial charge in [-0.3, -0.25) is 19.4 Å². The summed E-state index contributed by atoms with van der Waals surface area (Å²) in [6, 6.07) is 5.92. The molecule has 1 unspecified atom stereocenters. The molecule has 1 atom stereocenters. The highest BCUT2D eigenvalue weighted by Crippen LogP contribution is 2.18. The fourth-order valence-corrected chi connectivity index (χ4v) is 3.84. The Balaban J connectivity index is 1.47. The maximum absolute atomic E-state index is 12.7. The van der Waals surface area contributed by atoms with Gasteiger partial charge in [-0.2, -0.15) is 0 Å². The molecule has 6 nitrogen and oxygen atoms in total. The third kappa shape index (κ3) is 5.08. The minimum absolute atomic E-state index is 0.0327. The van der Waals surface area contributed by atoms with Crippen molar-refractivity contribution in [1.29, 1.82) is 0 Å². The van der Waals surface area contributed by atoms with Gasteiger partial charge in [-0.1, -0.05) is 12.1 Å². The Morgan fingerprint density at radius 1 is 1.04 bits per heavy atom. The molecule has 0 aliphatic carbocycles. The largest absolute Gasteiger partial charge is 0.342 e. The third-order valence-corrected chi connectivity index (χ3v) is 5.80. The number of hydrogen-bond acceptors (Lipinski definition) is 4. The first-order valence-corrected chi connectivity index (χ1v) is 10.1. The Bertz CT molecular complexity index is 677. The van der Waals surface area contributed by atoms with Gasteiger partial charge in [0.05, 0.1) is 12.6 Å². The number of nitrogens with one attached hydrogen (secondary N) is 1. The first-order valence-electron chi connectivity index (χ1n) is 10.1. The number of amides is 2. The molecule has 2 fully saturated rings. The summed E-state index contributed by atoms with van der Waals surface area (Å²) in [6.07, 6.45) is 2.26. The summed E-state index contributed by atoms with van der Waals surface area (Å²) < 4.78 is 0. The third-order valence-electron chi connectivity index (χ3n) is 5.80. The lowest BCUT2D eigenvalue weighted by Gasteiger charge is -2.37. The van der Waals surface area contributed by atoms with Crippen molar-refractivity contribution < 1.29 is 9.59 Å². The predicted octanol–water partition coefficient (Wildman–Crippen LogP) is 1.87. The number of carbonyl (C=O) groups is 2. The predicted molar refractivity (Wildman–Crippen MR) is 108 cm³/mol. The molecule has 0 saturated carbocycles. The van der Waals surface area contributed by atoms with Crippen LogP contribution in [0.5, 0.6) is 0 Å². The second-order valence-corrected chi connectivity index (χ2v) is 7.88. The highest BCUT2D eigenvalue weighted by atomic mass is 16.2. The molecule has 0 aromatic heterocycles. The molecule has 2 aliphatic rings. The van der Waals surface area contributed by atoms with Gasteiger partial charge in [-0.05, 0) is 50.8 Å². The van der Waals surface area contributed by atoms with Crippen LogP contribution in [-0.2, 0) is 9.59 Å². The molecule has 0 bridgehead atoms. The zero-order chi connectivity index (χ0) is 19.4. The van der Waals surface area contributed by atoms with Gasteiger partial charge in [0, 0.05) is 45.0 Å². The van der Waals surface area contributed by atoms with E-state index in [1.807, 2.05) is 37.8 Å². The monoisotopic (exact) mass is 372 g/mol.